The largest absolute Gasteiger partial charge is 0.455 e. The first-order chi connectivity index (χ1) is 22.4. The van der Waals surface area contributed by atoms with Crippen LogP contribution in [0.25, 0.3) is 0 Å². The maximum Gasteiger partial charge on any atom is 0.258 e. The van der Waals surface area contributed by atoms with Crippen LogP contribution in [0.5, 0.6) is 23.0 Å². The van der Waals surface area contributed by atoms with Crippen LogP contribution in [-0.2, 0) is 24.6 Å². The lowest BCUT2D eigenvalue weighted by Gasteiger charge is -2.29. The van der Waals surface area contributed by atoms with Crippen LogP contribution in [0.15, 0.2) is 97.1 Å². The highest BCUT2D eigenvalue weighted by Gasteiger charge is 2.31. The Hall–Kier alpha value is -5.76. The van der Waals surface area contributed by atoms with Crippen molar-refractivity contribution in [2.45, 2.75) is 47.0 Å². The maximum absolute atomic E-state index is 12.4. The van der Waals surface area contributed by atoms with Gasteiger partial charge in [-0.15, -0.1) is 0 Å². The molecule has 0 aromatic heterocycles. The normalized spacial score (nSPS) is 14.5. The van der Waals surface area contributed by atoms with Gasteiger partial charge in [0, 0.05) is 29.7 Å². The summed E-state index contributed by atoms with van der Waals surface area (Å²) in [5.74, 6) is 0.513. The molecule has 236 valence electrons. The summed E-state index contributed by atoms with van der Waals surface area (Å²) in [6.45, 7) is 12.2. The molecule has 0 radical (unpaired) electrons. The molecule has 4 aromatic carbocycles. The molecule has 0 aliphatic carbocycles. The van der Waals surface area contributed by atoms with E-state index >= 15 is 0 Å². The maximum atomic E-state index is 12.4. The Kier molecular flexibility index (Phi) is 7.89. The number of anilines is 2. The number of carbonyl (C=O) groups is 4. The highest BCUT2D eigenvalue weighted by Crippen LogP contribution is 2.43. The van der Waals surface area contributed by atoms with Gasteiger partial charge in [0.15, 0.2) is 11.5 Å². The molecule has 6 rings (SSSR count). The predicted molar refractivity (Wildman–Crippen MR) is 180 cm³/mol. The molecule has 0 atom stereocenters. The topological polar surface area (TPSA) is 93.2 Å². The van der Waals surface area contributed by atoms with Gasteiger partial charge in [0.2, 0.25) is 0 Å². The van der Waals surface area contributed by atoms with Gasteiger partial charge in [-0.05, 0) is 85.3 Å². The molecule has 0 saturated carbocycles. The first-order valence-corrected chi connectivity index (χ1v) is 15.3. The van der Waals surface area contributed by atoms with E-state index in [1.54, 1.807) is 48.5 Å². The number of aryl methyl sites for hydroxylation is 4. The van der Waals surface area contributed by atoms with Crippen molar-refractivity contribution >= 4 is 35.0 Å². The average molecular weight is 627 g/mol. The third-order valence-electron chi connectivity index (χ3n) is 8.62. The molecule has 47 heavy (non-hydrogen) atoms. The van der Waals surface area contributed by atoms with Crippen molar-refractivity contribution in [2.75, 3.05) is 9.80 Å². The van der Waals surface area contributed by atoms with Gasteiger partial charge < -0.3 is 9.47 Å². The van der Waals surface area contributed by atoms with E-state index in [0.29, 0.717) is 34.4 Å². The van der Waals surface area contributed by atoms with Crippen LogP contribution >= 0.6 is 0 Å². The zero-order valence-corrected chi connectivity index (χ0v) is 27.1. The summed E-state index contributed by atoms with van der Waals surface area (Å²) in [5.41, 5.74) is 6.17. The van der Waals surface area contributed by atoms with Gasteiger partial charge >= 0.3 is 0 Å². The summed E-state index contributed by atoms with van der Waals surface area (Å²) in [6, 6.07) is 22.4. The number of hydrogen-bond acceptors (Lipinski definition) is 6. The van der Waals surface area contributed by atoms with Gasteiger partial charge in [-0.1, -0.05) is 62.4 Å². The van der Waals surface area contributed by atoms with Crippen molar-refractivity contribution in [1.82, 2.24) is 0 Å². The molecule has 8 nitrogen and oxygen atoms in total. The summed E-state index contributed by atoms with van der Waals surface area (Å²) in [6.07, 6.45) is 5.02. The Morgan fingerprint density at radius 1 is 0.489 bits per heavy atom. The average Bonchev–Trinajstić information content (AvgIpc) is 3.55. The molecule has 0 saturated heterocycles. The van der Waals surface area contributed by atoms with E-state index in [4.69, 9.17) is 9.47 Å². The number of carbonyl (C=O) groups excluding carboxylic acids is 4. The van der Waals surface area contributed by atoms with Crippen LogP contribution in [0, 0.1) is 27.7 Å². The minimum Gasteiger partial charge on any atom is -0.455 e. The highest BCUT2D eigenvalue weighted by molar-refractivity contribution is 6.29. The van der Waals surface area contributed by atoms with Gasteiger partial charge in [0.25, 0.3) is 23.6 Å². The van der Waals surface area contributed by atoms with Gasteiger partial charge in [0.05, 0.1) is 11.4 Å². The van der Waals surface area contributed by atoms with Gasteiger partial charge in [0.1, 0.15) is 11.5 Å². The van der Waals surface area contributed by atoms with Crippen LogP contribution in [0.2, 0.25) is 0 Å². The van der Waals surface area contributed by atoms with Crippen molar-refractivity contribution in [1.29, 1.82) is 0 Å². The third-order valence-corrected chi connectivity index (χ3v) is 8.62. The monoisotopic (exact) mass is 626 g/mol. The van der Waals surface area contributed by atoms with E-state index in [1.165, 1.54) is 24.3 Å². The quantitative estimate of drug-likeness (QED) is 0.186. The van der Waals surface area contributed by atoms with Crippen molar-refractivity contribution in [3.8, 4) is 23.0 Å². The molecule has 2 aliphatic heterocycles. The second kappa shape index (κ2) is 11.9. The van der Waals surface area contributed by atoms with Crippen molar-refractivity contribution in [3.63, 3.8) is 0 Å². The molecule has 0 spiro atoms. The van der Waals surface area contributed by atoms with Crippen LogP contribution in [0.3, 0.4) is 0 Å². The van der Waals surface area contributed by atoms with E-state index in [-0.39, 0.29) is 0 Å². The molecular weight excluding hydrogens is 592 g/mol. The van der Waals surface area contributed by atoms with E-state index < -0.39 is 29.0 Å². The van der Waals surface area contributed by atoms with Crippen LogP contribution < -0.4 is 19.3 Å². The molecule has 2 aliphatic rings. The van der Waals surface area contributed by atoms with E-state index in [9.17, 15) is 19.2 Å². The predicted octanol–water partition coefficient (Wildman–Crippen LogP) is 7.69. The second-order valence-electron chi connectivity index (χ2n) is 12.3. The fraction of sp³-hybridized carbons (Fsp3) is 0.179. The van der Waals surface area contributed by atoms with Crippen LogP contribution in [0.4, 0.5) is 11.4 Å². The zero-order chi connectivity index (χ0) is 33.6. The summed E-state index contributed by atoms with van der Waals surface area (Å²) in [5, 5.41) is 0. The van der Waals surface area contributed by atoms with Crippen molar-refractivity contribution < 1.29 is 28.7 Å². The summed E-state index contributed by atoms with van der Waals surface area (Å²) < 4.78 is 12.8. The van der Waals surface area contributed by atoms with Gasteiger partial charge in [-0.3, -0.25) is 19.2 Å². The number of ether oxygens (including phenoxy) is 2. The number of hydrogen-bond donors (Lipinski definition) is 0. The first-order valence-electron chi connectivity index (χ1n) is 15.3. The molecular formula is C39H34N2O6. The van der Waals surface area contributed by atoms with Crippen molar-refractivity contribution in [2.24, 2.45) is 0 Å². The lowest BCUT2D eigenvalue weighted by atomic mass is 9.76. The summed E-state index contributed by atoms with van der Waals surface area (Å²) in [7, 11) is 0. The smallest absolute Gasteiger partial charge is 0.258 e. The molecule has 0 unspecified atom stereocenters. The van der Waals surface area contributed by atoms with Gasteiger partial charge in [-0.25, -0.2) is 9.80 Å². The molecule has 0 fully saturated rings. The summed E-state index contributed by atoms with van der Waals surface area (Å²) >= 11 is 0. The fourth-order valence-corrected chi connectivity index (χ4v) is 6.06. The Bertz CT molecular complexity index is 1830. The Morgan fingerprint density at radius 2 is 0.787 bits per heavy atom. The fourth-order valence-electron chi connectivity index (χ4n) is 6.06. The zero-order valence-electron chi connectivity index (χ0n) is 27.1. The van der Waals surface area contributed by atoms with Crippen molar-refractivity contribution in [3.05, 3.63) is 130 Å². The number of amides is 4. The standard InChI is InChI=1S/C39H34N2O6/c1-23-19-27(20-24(2)37(23)46-31-13-9-7-11-29(31)40-33(42)15-16-34(40)43)39(5,6)28-21-25(3)38(26(4)22-28)47-32-14-10-8-12-30(32)41-35(44)17-18-36(41)45/h7-22H,1-6H3. The van der Waals surface area contributed by atoms with Crippen LogP contribution in [-0.4, -0.2) is 23.6 Å². The Morgan fingerprint density at radius 3 is 1.11 bits per heavy atom. The number of benzene rings is 4. The van der Waals surface area contributed by atoms with E-state index in [1.807, 2.05) is 27.7 Å². The molecule has 4 amide bonds. The minimum atomic E-state index is -0.406. The number of para-hydroxylation sites is 4. The lowest BCUT2D eigenvalue weighted by molar-refractivity contribution is -0.121. The van der Waals surface area contributed by atoms with Gasteiger partial charge in [-0.2, -0.15) is 0 Å². The molecule has 4 aromatic rings. The summed E-state index contributed by atoms with van der Waals surface area (Å²) in [4.78, 5) is 51.8. The lowest BCUT2D eigenvalue weighted by Crippen LogP contribution is -2.29. The third kappa shape index (κ3) is 5.63. The van der Waals surface area contributed by atoms with Crippen LogP contribution in [0.1, 0.15) is 47.2 Å². The molecule has 0 N–H and O–H groups in total. The molecule has 2 heterocycles. The Balaban J connectivity index is 1.29. The highest BCUT2D eigenvalue weighted by atomic mass is 16.5. The Labute approximate surface area is 273 Å². The number of rotatable bonds is 8. The number of nitrogens with zero attached hydrogens (tertiary/aromatic N) is 2. The SMILES string of the molecule is Cc1cc(C(C)(C)c2cc(C)c(Oc3ccccc3N3C(=O)C=CC3=O)c(C)c2)cc(C)c1Oc1ccccc1N1C(=O)C=CC1=O. The molecule has 8 heteroatoms. The second-order valence-corrected chi connectivity index (χ2v) is 12.3. The minimum absolute atomic E-state index is 0.391. The molecule has 0 bridgehead atoms. The first kappa shape index (κ1) is 31.2. The number of imide groups is 2. The van der Waals surface area contributed by atoms with E-state index in [2.05, 4.69) is 38.1 Å². The van der Waals surface area contributed by atoms with E-state index in [0.717, 1.165) is 43.2 Å².